The molecule has 2 heterocycles. The first kappa shape index (κ1) is 22.4. The van der Waals surface area contributed by atoms with Crippen molar-refractivity contribution >= 4 is 11.5 Å². The van der Waals surface area contributed by atoms with Gasteiger partial charge in [-0.2, -0.15) is 0 Å². The van der Waals surface area contributed by atoms with Gasteiger partial charge in [0.25, 0.3) is 5.91 Å². The zero-order chi connectivity index (χ0) is 22.6. The number of methoxy groups -OCH3 is 1. The normalized spacial score (nSPS) is 20.3. The highest BCUT2D eigenvalue weighted by Crippen LogP contribution is 2.38. The van der Waals surface area contributed by atoms with Gasteiger partial charge in [0.15, 0.2) is 0 Å². The zero-order valence-corrected chi connectivity index (χ0v) is 19.6. The molecule has 33 heavy (non-hydrogen) atoms. The van der Waals surface area contributed by atoms with Crippen LogP contribution in [0.4, 0.5) is 0 Å². The molecule has 176 valence electrons. The average Bonchev–Trinajstić information content (AvgIpc) is 3.65. The Morgan fingerprint density at radius 2 is 2.12 bits per heavy atom. The van der Waals surface area contributed by atoms with Gasteiger partial charge in [-0.15, -0.1) is 0 Å². The first-order chi connectivity index (χ1) is 16.3. The third kappa shape index (κ3) is 4.93. The lowest BCUT2D eigenvalue weighted by atomic mass is 9.88. The summed E-state index contributed by atoms with van der Waals surface area (Å²) in [6.45, 7) is 4.35. The van der Waals surface area contributed by atoms with Crippen LogP contribution in [0.3, 0.4) is 0 Å². The predicted molar refractivity (Wildman–Crippen MR) is 129 cm³/mol. The zero-order valence-electron chi connectivity index (χ0n) is 19.6. The third-order valence-corrected chi connectivity index (χ3v) is 6.91. The summed E-state index contributed by atoms with van der Waals surface area (Å²) in [6.07, 6.45) is 9.53. The van der Waals surface area contributed by atoms with Crippen LogP contribution in [0.1, 0.15) is 48.1 Å². The molecule has 1 aromatic heterocycles. The Morgan fingerprint density at radius 1 is 1.27 bits per heavy atom. The minimum atomic E-state index is -0.372. The largest absolute Gasteiger partial charge is 0.385 e. The Labute approximate surface area is 196 Å². The number of carbonyl (C=O) groups excluding carboxylic acids is 1. The van der Waals surface area contributed by atoms with Crippen molar-refractivity contribution in [1.82, 2.24) is 14.8 Å². The standard InChI is InChI=1S/C27H35N3O3/c1-32-15-6-14-29-18-21(19-30(22-11-12-22)27(31)25-17-28-13-16-33-25)26-23(9-5-10-24(26)29)20-7-3-2-4-8-20/h2-4,7-9,18,22,25,28H,5-6,10-17,19H2,1H3/t25-/m1/s1. The second-order valence-electron chi connectivity index (χ2n) is 9.30. The van der Waals surface area contributed by atoms with Crippen LogP contribution in [-0.2, 0) is 33.8 Å². The van der Waals surface area contributed by atoms with Crippen LogP contribution in [0.2, 0.25) is 0 Å². The number of benzene rings is 1. The van der Waals surface area contributed by atoms with Gasteiger partial charge in [-0.05, 0) is 48.8 Å². The molecule has 6 heteroatoms. The van der Waals surface area contributed by atoms with E-state index in [4.69, 9.17) is 9.47 Å². The molecule has 1 saturated carbocycles. The maximum atomic E-state index is 13.4. The van der Waals surface area contributed by atoms with Crippen molar-refractivity contribution in [3.05, 3.63) is 65.0 Å². The van der Waals surface area contributed by atoms with Crippen molar-refractivity contribution in [2.24, 2.45) is 0 Å². The number of nitrogens with zero attached hydrogens (tertiary/aromatic N) is 2. The van der Waals surface area contributed by atoms with Crippen LogP contribution >= 0.6 is 0 Å². The first-order valence-corrected chi connectivity index (χ1v) is 12.3. The predicted octanol–water partition coefficient (Wildman–Crippen LogP) is 3.38. The molecule has 5 rings (SSSR count). The SMILES string of the molecule is COCCCn1cc(CN(C(=O)[C@H]2CNCCO2)C2CC2)c2c1CCC=C2c1ccccc1. The number of aromatic nitrogens is 1. The number of carbonyl (C=O) groups is 1. The van der Waals surface area contributed by atoms with Gasteiger partial charge in [-0.3, -0.25) is 4.79 Å². The number of ether oxygens (including phenoxy) is 2. The van der Waals surface area contributed by atoms with Crippen molar-refractivity contribution in [3.63, 3.8) is 0 Å². The minimum Gasteiger partial charge on any atom is -0.385 e. The van der Waals surface area contributed by atoms with E-state index in [2.05, 4.69) is 57.4 Å². The van der Waals surface area contributed by atoms with Gasteiger partial charge < -0.3 is 24.3 Å². The summed E-state index contributed by atoms with van der Waals surface area (Å²) in [5.74, 6) is 0.131. The molecule has 2 fully saturated rings. The summed E-state index contributed by atoms with van der Waals surface area (Å²) in [4.78, 5) is 15.5. The van der Waals surface area contributed by atoms with Crippen LogP contribution in [-0.4, -0.2) is 60.9 Å². The highest BCUT2D eigenvalue weighted by Gasteiger charge is 2.38. The quantitative estimate of drug-likeness (QED) is 0.597. The van der Waals surface area contributed by atoms with Gasteiger partial charge in [-0.25, -0.2) is 0 Å². The molecule has 1 N–H and O–H groups in total. The van der Waals surface area contributed by atoms with Crippen molar-refractivity contribution < 1.29 is 14.3 Å². The van der Waals surface area contributed by atoms with E-state index in [1.807, 2.05) is 0 Å². The first-order valence-electron chi connectivity index (χ1n) is 12.3. The second kappa shape index (κ2) is 10.2. The monoisotopic (exact) mass is 449 g/mol. The number of allylic oxidation sites excluding steroid dienone is 1. The molecule has 3 aliphatic rings. The van der Waals surface area contributed by atoms with Gasteiger partial charge >= 0.3 is 0 Å². The van der Waals surface area contributed by atoms with Crippen LogP contribution in [0, 0.1) is 0 Å². The van der Waals surface area contributed by atoms with Gasteiger partial charge in [0, 0.05) is 63.4 Å². The Balaban J connectivity index is 1.48. The van der Waals surface area contributed by atoms with Crippen LogP contribution in [0.5, 0.6) is 0 Å². The molecule has 0 bridgehead atoms. The maximum Gasteiger partial charge on any atom is 0.253 e. The minimum absolute atomic E-state index is 0.131. The number of hydrogen-bond donors (Lipinski definition) is 1. The molecule has 0 spiro atoms. The molecular formula is C27H35N3O3. The fraction of sp³-hybridized carbons (Fsp3) is 0.519. The average molecular weight is 450 g/mol. The number of rotatable bonds is 9. The number of amides is 1. The summed E-state index contributed by atoms with van der Waals surface area (Å²) >= 11 is 0. The number of morpholine rings is 1. The fourth-order valence-electron chi connectivity index (χ4n) is 5.16. The Bertz CT molecular complexity index is 988. The lowest BCUT2D eigenvalue weighted by molar-refractivity contribution is -0.146. The van der Waals surface area contributed by atoms with Crippen molar-refractivity contribution in [2.75, 3.05) is 33.4 Å². The van der Waals surface area contributed by atoms with Gasteiger partial charge in [0.1, 0.15) is 6.10 Å². The number of hydrogen-bond acceptors (Lipinski definition) is 4. The molecular weight excluding hydrogens is 414 g/mol. The third-order valence-electron chi connectivity index (χ3n) is 6.91. The molecule has 2 aliphatic carbocycles. The van der Waals surface area contributed by atoms with E-state index in [9.17, 15) is 4.79 Å². The molecule has 0 radical (unpaired) electrons. The number of fused-ring (bicyclic) bond motifs is 1. The summed E-state index contributed by atoms with van der Waals surface area (Å²) in [6, 6.07) is 11.0. The van der Waals surface area contributed by atoms with E-state index in [0.717, 1.165) is 51.8 Å². The topological polar surface area (TPSA) is 55.7 Å². The fourth-order valence-corrected chi connectivity index (χ4v) is 5.16. The lowest BCUT2D eigenvalue weighted by Crippen LogP contribution is -2.49. The van der Waals surface area contributed by atoms with Gasteiger partial charge in [0.2, 0.25) is 0 Å². The highest BCUT2D eigenvalue weighted by atomic mass is 16.5. The molecule has 1 aliphatic heterocycles. The van der Waals surface area contributed by atoms with E-state index < -0.39 is 0 Å². The van der Waals surface area contributed by atoms with Crippen molar-refractivity contribution in [2.45, 2.75) is 57.3 Å². The molecule has 0 unspecified atom stereocenters. The van der Waals surface area contributed by atoms with Crippen LogP contribution < -0.4 is 5.32 Å². The number of aryl methyl sites for hydroxylation is 1. The lowest BCUT2D eigenvalue weighted by Gasteiger charge is -2.30. The molecule has 6 nitrogen and oxygen atoms in total. The van der Waals surface area contributed by atoms with E-state index in [0.29, 0.717) is 25.7 Å². The second-order valence-corrected chi connectivity index (χ2v) is 9.30. The van der Waals surface area contributed by atoms with Crippen LogP contribution in [0.25, 0.3) is 5.57 Å². The number of nitrogens with one attached hydrogen (secondary N) is 1. The molecule has 1 amide bonds. The molecule has 2 aromatic rings. The molecule has 1 aromatic carbocycles. The summed E-state index contributed by atoms with van der Waals surface area (Å²) in [5.41, 5.74) is 6.52. The molecule has 1 atom stereocenters. The maximum absolute atomic E-state index is 13.4. The Kier molecular flexibility index (Phi) is 6.95. The Morgan fingerprint density at radius 3 is 2.85 bits per heavy atom. The van der Waals surface area contributed by atoms with E-state index in [1.165, 1.54) is 28.0 Å². The van der Waals surface area contributed by atoms with Gasteiger partial charge in [-0.1, -0.05) is 36.4 Å². The highest BCUT2D eigenvalue weighted by molar-refractivity contribution is 5.85. The Hall–Kier alpha value is -2.41. The van der Waals surface area contributed by atoms with E-state index in [-0.39, 0.29) is 12.0 Å². The van der Waals surface area contributed by atoms with Crippen LogP contribution in [0.15, 0.2) is 42.6 Å². The van der Waals surface area contributed by atoms with Crippen molar-refractivity contribution in [3.8, 4) is 0 Å². The van der Waals surface area contributed by atoms with E-state index in [1.54, 1.807) is 7.11 Å². The summed E-state index contributed by atoms with van der Waals surface area (Å²) < 4.78 is 13.5. The summed E-state index contributed by atoms with van der Waals surface area (Å²) in [7, 11) is 1.76. The van der Waals surface area contributed by atoms with Crippen molar-refractivity contribution in [1.29, 1.82) is 0 Å². The smallest absolute Gasteiger partial charge is 0.253 e. The molecule has 1 saturated heterocycles. The van der Waals surface area contributed by atoms with E-state index >= 15 is 0 Å². The van der Waals surface area contributed by atoms with Gasteiger partial charge in [0.05, 0.1) is 6.61 Å². The summed E-state index contributed by atoms with van der Waals surface area (Å²) in [5, 5.41) is 3.31.